The van der Waals surface area contributed by atoms with Crippen molar-refractivity contribution in [3.63, 3.8) is 0 Å². The number of fused-ring (bicyclic) bond motifs is 1. The van der Waals surface area contributed by atoms with Crippen LogP contribution in [0.3, 0.4) is 0 Å². The lowest BCUT2D eigenvalue weighted by Crippen LogP contribution is -2.05. The molecule has 2 heterocycles. The van der Waals surface area contributed by atoms with E-state index in [0.717, 1.165) is 28.2 Å². The molecule has 0 atom stereocenters. The van der Waals surface area contributed by atoms with Crippen molar-refractivity contribution in [2.75, 3.05) is 13.7 Å². The highest BCUT2D eigenvalue weighted by atomic mass is 16.5. The lowest BCUT2D eigenvalue weighted by Gasteiger charge is -2.04. The third-order valence-corrected chi connectivity index (χ3v) is 3.46. The maximum absolute atomic E-state index is 11.9. The summed E-state index contributed by atoms with van der Waals surface area (Å²) in [5.74, 6) is 0.418. The molecule has 6 heteroatoms. The van der Waals surface area contributed by atoms with Gasteiger partial charge in [-0.15, -0.1) is 0 Å². The third-order valence-electron chi connectivity index (χ3n) is 3.46. The Kier molecular flexibility index (Phi) is 3.58. The van der Waals surface area contributed by atoms with Gasteiger partial charge in [0.15, 0.2) is 0 Å². The molecule has 114 valence electrons. The number of H-pyrrole nitrogens is 1. The van der Waals surface area contributed by atoms with Crippen molar-refractivity contribution in [2.24, 2.45) is 0 Å². The van der Waals surface area contributed by atoms with E-state index in [1.54, 1.807) is 24.8 Å². The van der Waals surface area contributed by atoms with E-state index >= 15 is 0 Å². The number of methoxy groups -OCH3 is 1. The maximum atomic E-state index is 11.9. The number of benzene rings is 1. The largest absolute Gasteiger partial charge is 0.497 e. The van der Waals surface area contributed by atoms with Crippen LogP contribution in [0.25, 0.3) is 16.7 Å². The number of esters is 1. The van der Waals surface area contributed by atoms with Crippen LogP contribution >= 0.6 is 0 Å². The lowest BCUT2D eigenvalue weighted by atomic mass is 10.3. The van der Waals surface area contributed by atoms with Gasteiger partial charge in [0, 0.05) is 5.39 Å². The standard InChI is InChI=1S/C16H17N3O3/c1-4-22-16(20)14-9-13-10(2)18-19(15(13)17-14)11-5-7-12(21-3)8-6-11/h5-9,17H,4H2,1-3H3. The van der Waals surface area contributed by atoms with Crippen LogP contribution in [-0.2, 0) is 4.74 Å². The summed E-state index contributed by atoms with van der Waals surface area (Å²) in [6.07, 6.45) is 0. The molecule has 3 rings (SSSR count). The molecule has 0 saturated carbocycles. The van der Waals surface area contributed by atoms with Crippen LogP contribution in [0.2, 0.25) is 0 Å². The fourth-order valence-electron chi connectivity index (χ4n) is 2.37. The molecule has 0 amide bonds. The Balaban J connectivity index is 2.07. The number of ether oxygens (including phenoxy) is 2. The number of nitrogens with one attached hydrogen (secondary N) is 1. The number of nitrogens with zero attached hydrogens (tertiary/aromatic N) is 2. The summed E-state index contributed by atoms with van der Waals surface area (Å²) in [7, 11) is 1.63. The van der Waals surface area contributed by atoms with Gasteiger partial charge < -0.3 is 14.5 Å². The number of aromatic nitrogens is 3. The minimum Gasteiger partial charge on any atom is -0.497 e. The fraction of sp³-hybridized carbons (Fsp3) is 0.250. The van der Waals surface area contributed by atoms with Gasteiger partial charge in [-0.2, -0.15) is 5.10 Å². The molecule has 22 heavy (non-hydrogen) atoms. The molecule has 0 aliphatic rings. The highest BCUT2D eigenvalue weighted by Gasteiger charge is 2.16. The van der Waals surface area contributed by atoms with E-state index in [9.17, 15) is 4.79 Å². The van der Waals surface area contributed by atoms with Crippen molar-refractivity contribution in [3.05, 3.63) is 41.7 Å². The summed E-state index contributed by atoms with van der Waals surface area (Å²) in [5.41, 5.74) is 2.93. The monoisotopic (exact) mass is 299 g/mol. The van der Waals surface area contributed by atoms with E-state index in [4.69, 9.17) is 9.47 Å². The highest BCUT2D eigenvalue weighted by molar-refractivity contribution is 5.95. The third kappa shape index (κ3) is 2.32. The highest BCUT2D eigenvalue weighted by Crippen LogP contribution is 2.24. The second kappa shape index (κ2) is 5.55. The van der Waals surface area contributed by atoms with Gasteiger partial charge in [-0.1, -0.05) is 0 Å². The van der Waals surface area contributed by atoms with Crippen LogP contribution in [0.15, 0.2) is 30.3 Å². The van der Waals surface area contributed by atoms with E-state index in [1.807, 2.05) is 31.2 Å². The Bertz CT molecular complexity index is 815. The molecule has 0 fully saturated rings. The molecular weight excluding hydrogens is 282 g/mol. The summed E-state index contributed by atoms with van der Waals surface area (Å²) >= 11 is 0. The smallest absolute Gasteiger partial charge is 0.354 e. The molecule has 6 nitrogen and oxygen atoms in total. The van der Waals surface area contributed by atoms with Gasteiger partial charge in [0.1, 0.15) is 17.1 Å². The SMILES string of the molecule is CCOC(=O)c1cc2c(C)nn(-c3ccc(OC)cc3)c2[nH]1. The van der Waals surface area contributed by atoms with Gasteiger partial charge in [-0.25, -0.2) is 9.48 Å². The Morgan fingerprint density at radius 2 is 2.05 bits per heavy atom. The number of carbonyl (C=O) groups excluding carboxylic acids is 1. The molecule has 0 unspecified atom stereocenters. The molecule has 2 aromatic heterocycles. The van der Waals surface area contributed by atoms with Crippen LogP contribution in [0, 0.1) is 6.92 Å². The first-order chi connectivity index (χ1) is 10.6. The van der Waals surface area contributed by atoms with Gasteiger partial charge in [-0.05, 0) is 44.2 Å². The van der Waals surface area contributed by atoms with Crippen molar-refractivity contribution in [2.45, 2.75) is 13.8 Å². The number of aryl methyl sites for hydroxylation is 1. The second-order valence-corrected chi connectivity index (χ2v) is 4.86. The molecule has 1 N–H and O–H groups in total. The fourth-order valence-corrected chi connectivity index (χ4v) is 2.37. The van der Waals surface area contributed by atoms with Crippen molar-refractivity contribution in [1.29, 1.82) is 0 Å². The Hall–Kier alpha value is -2.76. The lowest BCUT2D eigenvalue weighted by molar-refractivity contribution is 0.0520. The quantitative estimate of drug-likeness (QED) is 0.752. The molecule has 0 radical (unpaired) electrons. The number of hydrogen-bond acceptors (Lipinski definition) is 4. The molecular formula is C16H17N3O3. The molecule has 0 spiro atoms. The van der Waals surface area contributed by atoms with E-state index in [2.05, 4.69) is 10.1 Å². The average molecular weight is 299 g/mol. The number of rotatable bonds is 4. The summed E-state index contributed by atoms with van der Waals surface area (Å²) < 4.78 is 12.0. The Morgan fingerprint density at radius 1 is 1.32 bits per heavy atom. The van der Waals surface area contributed by atoms with Gasteiger partial charge >= 0.3 is 5.97 Å². The average Bonchev–Trinajstić information content (AvgIpc) is 3.09. The zero-order valence-electron chi connectivity index (χ0n) is 12.7. The van der Waals surface area contributed by atoms with E-state index in [1.165, 1.54) is 0 Å². The van der Waals surface area contributed by atoms with Crippen LogP contribution in [0.4, 0.5) is 0 Å². The normalized spacial score (nSPS) is 10.9. The van der Waals surface area contributed by atoms with Gasteiger partial charge in [0.25, 0.3) is 0 Å². The number of hydrogen-bond donors (Lipinski definition) is 1. The van der Waals surface area contributed by atoms with E-state index in [-0.39, 0.29) is 5.97 Å². The second-order valence-electron chi connectivity index (χ2n) is 4.86. The van der Waals surface area contributed by atoms with Crippen molar-refractivity contribution < 1.29 is 14.3 Å². The van der Waals surface area contributed by atoms with Crippen LogP contribution < -0.4 is 4.74 Å². The minimum absolute atomic E-state index is 0.345. The number of carbonyl (C=O) groups is 1. The van der Waals surface area contributed by atoms with Gasteiger partial charge in [0.2, 0.25) is 0 Å². The molecule has 0 saturated heterocycles. The first kappa shape index (κ1) is 14.2. The summed E-state index contributed by atoms with van der Waals surface area (Å²) in [6.45, 7) is 4.04. The summed E-state index contributed by atoms with van der Waals surface area (Å²) in [6, 6.07) is 9.33. The predicted molar refractivity (Wildman–Crippen MR) is 82.7 cm³/mol. The maximum Gasteiger partial charge on any atom is 0.354 e. The Labute approximate surface area is 127 Å². The first-order valence-electron chi connectivity index (χ1n) is 7.04. The van der Waals surface area contributed by atoms with Crippen molar-refractivity contribution >= 4 is 17.0 Å². The number of aromatic amines is 1. The van der Waals surface area contributed by atoms with E-state index in [0.29, 0.717) is 12.3 Å². The Morgan fingerprint density at radius 3 is 2.68 bits per heavy atom. The predicted octanol–water partition coefficient (Wildman–Crippen LogP) is 2.85. The molecule has 0 aliphatic heterocycles. The van der Waals surface area contributed by atoms with Crippen molar-refractivity contribution in [1.82, 2.24) is 14.8 Å². The summed E-state index contributed by atoms with van der Waals surface area (Å²) in [5, 5.41) is 5.42. The molecule has 0 bridgehead atoms. The molecule has 1 aromatic carbocycles. The van der Waals surface area contributed by atoms with E-state index < -0.39 is 0 Å². The molecule has 0 aliphatic carbocycles. The zero-order valence-corrected chi connectivity index (χ0v) is 12.7. The van der Waals surface area contributed by atoms with Crippen LogP contribution in [0.1, 0.15) is 23.1 Å². The van der Waals surface area contributed by atoms with Crippen LogP contribution in [0.5, 0.6) is 5.75 Å². The summed E-state index contributed by atoms with van der Waals surface area (Å²) in [4.78, 5) is 14.9. The zero-order chi connectivity index (χ0) is 15.7. The topological polar surface area (TPSA) is 69.1 Å². The van der Waals surface area contributed by atoms with Crippen LogP contribution in [-0.4, -0.2) is 34.5 Å². The van der Waals surface area contributed by atoms with Crippen molar-refractivity contribution in [3.8, 4) is 11.4 Å². The van der Waals surface area contributed by atoms with Gasteiger partial charge in [0.05, 0.1) is 25.1 Å². The van der Waals surface area contributed by atoms with Gasteiger partial charge in [-0.3, -0.25) is 0 Å². The molecule has 3 aromatic rings. The minimum atomic E-state index is -0.362. The first-order valence-corrected chi connectivity index (χ1v) is 7.04.